The van der Waals surface area contributed by atoms with E-state index in [-0.39, 0.29) is 11.5 Å². The molecule has 0 fully saturated rings. The molecule has 1 amide bonds. The van der Waals surface area contributed by atoms with Crippen LogP contribution in [0.1, 0.15) is 28.1 Å². The van der Waals surface area contributed by atoms with E-state index in [4.69, 9.17) is 5.11 Å². The van der Waals surface area contributed by atoms with Gasteiger partial charge in [0, 0.05) is 15.8 Å². The molecule has 6 heteroatoms. The second-order valence-corrected chi connectivity index (χ2v) is 6.42. The van der Waals surface area contributed by atoms with E-state index in [1.165, 1.54) is 10.9 Å². The van der Waals surface area contributed by atoms with Crippen LogP contribution in [0.2, 0.25) is 0 Å². The van der Waals surface area contributed by atoms with Crippen molar-refractivity contribution in [3.8, 4) is 0 Å². The molecule has 0 bridgehead atoms. The highest BCUT2D eigenvalue weighted by atomic mass is 79.9. The Labute approximate surface area is 134 Å². The highest BCUT2D eigenvalue weighted by Crippen LogP contribution is 2.21. The SMILES string of the molecule is O=C(CCCc1cccs1)Nc1ccc(Br)cc1C(=O)O. The predicted octanol–water partition coefficient (Wildman–Crippen LogP) is 4.17. The van der Waals surface area contributed by atoms with Crippen molar-refractivity contribution >= 4 is 44.8 Å². The molecule has 2 rings (SSSR count). The lowest BCUT2D eigenvalue weighted by Crippen LogP contribution is -2.14. The molecule has 21 heavy (non-hydrogen) atoms. The van der Waals surface area contributed by atoms with E-state index in [1.54, 1.807) is 23.5 Å². The molecule has 1 aromatic carbocycles. The Kier molecular flexibility index (Phi) is 5.52. The highest BCUT2D eigenvalue weighted by Gasteiger charge is 2.13. The normalized spacial score (nSPS) is 10.3. The van der Waals surface area contributed by atoms with Gasteiger partial charge in [-0.1, -0.05) is 22.0 Å². The Hall–Kier alpha value is -1.66. The largest absolute Gasteiger partial charge is 0.478 e. The zero-order valence-electron chi connectivity index (χ0n) is 11.1. The third-order valence-electron chi connectivity index (χ3n) is 2.89. The number of aromatic carboxylic acids is 1. The molecule has 0 spiro atoms. The molecular weight excluding hydrogens is 354 g/mol. The lowest BCUT2D eigenvalue weighted by molar-refractivity contribution is -0.116. The summed E-state index contributed by atoms with van der Waals surface area (Å²) in [6.07, 6.45) is 1.97. The van der Waals surface area contributed by atoms with Crippen molar-refractivity contribution in [2.75, 3.05) is 5.32 Å². The maximum Gasteiger partial charge on any atom is 0.337 e. The van der Waals surface area contributed by atoms with E-state index < -0.39 is 5.97 Å². The molecule has 1 heterocycles. The van der Waals surface area contributed by atoms with Gasteiger partial charge in [-0.05, 0) is 42.5 Å². The van der Waals surface area contributed by atoms with Gasteiger partial charge in [0.15, 0.2) is 0 Å². The monoisotopic (exact) mass is 367 g/mol. The van der Waals surface area contributed by atoms with Crippen molar-refractivity contribution in [1.29, 1.82) is 0 Å². The van der Waals surface area contributed by atoms with Gasteiger partial charge in [-0.15, -0.1) is 11.3 Å². The zero-order valence-corrected chi connectivity index (χ0v) is 13.5. The molecule has 0 saturated heterocycles. The first kappa shape index (κ1) is 15.7. The van der Waals surface area contributed by atoms with Crippen molar-refractivity contribution in [2.24, 2.45) is 0 Å². The number of anilines is 1. The van der Waals surface area contributed by atoms with E-state index in [9.17, 15) is 9.59 Å². The topological polar surface area (TPSA) is 66.4 Å². The Bertz CT molecular complexity index is 640. The molecule has 0 saturated carbocycles. The minimum atomic E-state index is -1.06. The van der Waals surface area contributed by atoms with Crippen molar-refractivity contribution < 1.29 is 14.7 Å². The van der Waals surface area contributed by atoms with Gasteiger partial charge in [-0.3, -0.25) is 4.79 Å². The first-order valence-electron chi connectivity index (χ1n) is 6.41. The number of nitrogens with one attached hydrogen (secondary N) is 1. The second-order valence-electron chi connectivity index (χ2n) is 4.48. The van der Waals surface area contributed by atoms with Crippen LogP contribution < -0.4 is 5.32 Å². The van der Waals surface area contributed by atoms with Crippen molar-refractivity contribution in [1.82, 2.24) is 0 Å². The van der Waals surface area contributed by atoms with Crippen LogP contribution >= 0.6 is 27.3 Å². The van der Waals surface area contributed by atoms with Crippen LogP contribution in [0.4, 0.5) is 5.69 Å². The Morgan fingerprint density at radius 2 is 2.10 bits per heavy atom. The number of aryl methyl sites for hydroxylation is 1. The lowest BCUT2D eigenvalue weighted by Gasteiger charge is -2.08. The number of thiophene rings is 1. The van der Waals surface area contributed by atoms with Gasteiger partial charge in [0.05, 0.1) is 11.3 Å². The summed E-state index contributed by atoms with van der Waals surface area (Å²) in [4.78, 5) is 24.3. The smallest absolute Gasteiger partial charge is 0.337 e. The van der Waals surface area contributed by atoms with Crippen LogP contribution in [0.15, 0.2) is 40.2 Å². The van der Waals surface area contributed by atoms with E-state index in [1.807, 2.05) is 17.5 Å². The summed E-state index contributed by atoms with van der Waals surface area (Å²) in [5.74, 6) is -1.23. The van der Waals surface area contributed by atoms with Crippen molar-refractivity contribution in [3.63, 3.8) is 0 Å². The third kappa shape index (κ3) is 4.68. The minimum absolute atomic E-state index is 0.0796. The number of hydrogen-bond acceptors (Lipinski definition) is 3. The zero-order chi connectivity index (χ0) is 15.2. The number of amides is 1. The van der Waals surface area contributed by atoms with E-state index in [2.05, 4.69) is 21.2 Å². The molecular formula is C15H14BrNO3S. The molecule has 0 unspecified atom stereocenters. The first-order chi connectivity index (χ1) is 10.1. The van der Waals surface area contributed by atoms with Crippen molar-refractivity contribution in [3.05, 3.63) is 50.6 Å². The molecule has 0 radical (unpaired) electrons. The fraction of sp³-hybridized carbons (Fsp3) is 0.200. The Morgan fingerprint density at radius 1 is 1.29 bits per heavy atom. The van der Waals surface area contributed by atoms with Crippen LogP contribution in [0.3, 0.4) is 0 Å². The quantitative estimate of drug-likeness (QED) is 0.804. The fourth-order valence-corrected chi connectivity index (χ4v) is 3.01. The van der Waals surface area contributed by atoms with Crippen LogP contribution in [0.25, 0.3) is 0 Å². The summed E-state index contributed by atoms with van der Waals surface area (Å²) in [5.41, 5.74) is 0.405. The minimum Gasteiger partial charge on any atom is -0.478 e. The van der Waals surface area contributed by atoms with Crippen LogP contribution in [0.5, 0.6) is 0 Å². The average Bonchev–Trinajstić information content (AvgIpc) is 2.94. The van der Waals surface area contributed by atoms with Gasteiger partial charge in [-0.25, -0.2) is 4.79 Å². The molecule has 0 aliphatic carbocycles. The van der Waals surface area contributed by atoms with Gasteiger partial charge in [-0.2, -0.15) is 0 Å². The fourth-order valence-electron chi connectivity index (χ4n) is 1.89. The molecule has 0 aliphatic rings. The molecule has 2 aromatic rings. The molecule has 0 atom stereocenters. The number of benzene rings is 1. The number of rotatable bonds is 6. The summed E-state index contributed by atoms with van der Waals surface area (Å²) in [6, 6.07) is 8.79. The molecule has 0 aliphatic heterocycles. The molecule has 2 N–H and O–H groups in total. The maximum atomic E-state index is 11.9. The number of carboxylic acid groups (broad SMARTS) is 1. The number of carboxylic acids is 1. The molecule has 4 nitrogen and oxygen atoms in total. The summed E-state index contributed by atoms with van der Waals surface area (Å²) >= 11 is 4.89. The summed E-state index contributed by atoms with van der Waals surface area (Å²) < 4.78 is 0.663. The summed E-state index contributed by atoms with van der Waals surface area (Å²) in [7, 11) is 0. The first-order valence-corrected chi connectivity index (χ1v) is 8.08. The number of carbonyl (C=O) groups excluding carboxylic acids is 1. The van der Waals surface area contributed by atoms with E-state index in [0.717, 1.165) is 12.8 Å². The van der Waals surface area contributed by atoms with E-state index >= 15 is 0 Å². The molecule has 110 valence electrons. The van der Waals surface area contributed by atoms with Gasteiger partial charge < -0.3 is 10.4 Å². The average molecular weight is 368 g/mol. The second kappa shape index (κ2) is 7.38. The molecule has 1 aromatic heterocycles. The third-order valence-corrected chi connectivity index (χ3v) is 4.32. The highest BCUT2D eigenvalue weighted by molar-refractivity contribution is 9.10. The van der Waals surface area contributed by atoms with Crippen LogP contribution in [-0.2, 0) is 11.2 Å². The van der Waals surface area contributed by atoms with Gasteiger partial charge in [0.1, 0.15) is 0 Å². The van der Waals surface area contributed by atoms with Crippen LogP contribution in [0, 0.1) is 0 Å². The van der Waals surface area contributed by atoms with Gasteiger partial charge >= 0.3 is 5.97 Å². The summed E-state index contributed by atoms with van der Waals surface area (Å²) in [5, 5.41) is 13.8. The standard InChI is InChI=1S/C15H14BrNO3S/c16-10-6-7-13(12(9-10)15(19)20)17-14(18)5-1-3-11-4-2-8-21-11/h2,4,6-9H,1,3,5H2,(H,17,18)(H,19,20). The number of carbonyl (C=O) groups is 2. The van der Waals surface area contributed by atoms with Crippen molar-refractivity contribution in [2.45, 2.75) is 19.3 Å². The summed E-state index contributed by atoms with van der Waals surface area (Å²) in [6.45, 7) is 0. The lowest BCUT2D eigenvalue weighted by atomic mass is 10.1. The van der Waals surface area contributed by atoms with E-state index in [0.29, 0.717) is 16.6 Å². The predicted molar refractivity (Wildman–Crippen MR) is 87.0 cm³/mol. The Balaban J connectivity index is 1.92. The van der Waals surface area contributed by atoms with Crippen LogP contribution in [-0.4, -0.2) is 17.0 Å². The number of hydrogen-bond donors (Lipinski definition) is 2. The Morgan fingerprint density at radius 3 is 2.76 bits per heavy atom. The van der Waals surface area contributed by atoms with Gasteiger partial charge in [0.2, 0.25) is 5.91 Å². The maximum absolute atomic E-state index is 11.9. The number of halogens is 1. The van der Waals surface area contributed by atoms with Gasteiger partial charge in [0.25, 0.3) is 0 Å².